The van der Waals surface area contributed by atoms with Crippen LogP contribution in [-0.2, 0) is 4.79 Å². The number of hydrogen-bond acceptors (Lipinski definition) is 6. The molecule has 0 unspecified atom stereocenters. The summed E-state index contributed by atoms with van der Waals surface area (Å²) in [6, 6.07) is 2.88. The van der Waals surface area contributed by atoms with Crippen LogP contribution in [0.1, 0.15) is 6.42 Å². The Kier molecular flexibility index (Phi) is 4.67. The van der Waals surface area contributed by atoms with Crippen molar-refractivity contribution in [1.82, 2.24) is 0 Å². The average Bonchev–Trinajstić information content (AvgIpc) is 2.42. The molecule has 20 heavy (non-hydrogen) atoms. The van der Waals surface area contributed by atoms with Crippen LogP contribution in [0.2, 0.25) is 0 Å². The average molecular weight is 297 g/mol. The van der Waals surface area contributed by atoms with Gasteiger partial charge in [-0.25, -0.2) is 0 Å². The number of nitro benzene ring substituents is 1. The number of fused-ring (bicyclic) bond motifs is 1. The first-order valence-electron chi connectivity index (χ1n) is 6.09. The van der Waals surface area contributed by atoms with Crippen LogP contribution in [0.3, 0.4) is 0 Å². The van der Waals surface area contributed by atoms with Crippen LogP contribution in [-0.4, -0.2) is 36.0 Å². The standard InChI is InChI=1S/C12H15N3O4S/c1-20-4-2-3-13-8-5-9-11(6-10(8)15(17)18)19-7-12(16)14-9/h5-6,13H,2-4,7H2,1H3,(H,14,16). The number of benzene rings is 1. The van der Waals surface area contributed by atoms with Crippen LogP contribution in [0, 0.1) is 10.1 Å². The molecule has 8 heteroatoms. The lowest BCUT2D eigenvalue weighted by atomic mass is 10.2. The number of hydrogen-bond donors (Lipinski definition) is 2. The van der Waals surface area contributed by atoms with Crippen molar-refractivity contribution in [2.45, 2.75) is 6.42 Å². The second-order valence-electron chi connectivity index (χ2n) is 4.23. The van der Waals surface area contributed by atoms with E-state index in [0.29, 0.717) is 23.7 Å². The summed E-state index contributed by atoms with van der Waals surface area (Å²) in [5.74, 6) is 1.04. The van der Waals surface area contributed by atoms with E-state index in [2.05, 4.69) is 10.6 Å². The zero-order chi connectivity index (χ0) is 14.5. The molecule has 0 radical (unpaired) electrons. The summed E-state index contributed by atoms with van der Waals surface area (Å²) in [7, 11) is 0. The monoisotopic (exact) mass is 297 g/mol. The molecule has 0 atom stereocenters. The van der Waals surface area contributed by atoms with Crippen molar-refractivity contribution in [2.75, 3.05) is 35.8 Å². The van der Waals surface area contributed by atoms with Crippen LogP contribution in [0.4, 0.5) is 17.1 Å². The van der Waals surface area contributed by atoms with Gasteiger partial charge in [-0.3, -0.25) is 14.9 Å². The Bertz CT molecular complexity index is 536. The molecule has 108 valence electrons. The summed E-state index contributed by atoms with van der Waals surface area (Å²) in [4.78, 5) is 21.9. The fraction of sp³-hybridized carbons (Fsp3) is 0.417. The highest BCUT2D eigenvalue weighted by molar-refractivity contribution is 7.98. The van der Waals surface area contributed by atoms with E-state index in [1.54, 1.807) is 17.8 Å². The molecule has 0 aromatic heterocycles. The van der Waals surface area contributed by atoms with Gasteiger partial charge >= 0.3 is 0 Å². The van der Waals surface area contributed by atoms with Crippen LogP contribution in [0.5, 0.6) is 5.75 Å². The van der Waals surface area contributed by atoms with Gasteiger partial charge in [0.15, 0.2) is 12.4 Å². The number of amides is 1. The van der Waals surface area contributed by atoms with Crippen LogP contribution < -0.4 is 15.4 Å². The molecule has 0 saturated carbocycles. The molecule has 0 spiro atoms. The van der Waals surface area contributed by atoms with Gasteiger partial charge in [0, 0.05) is 6.54 Å². The number of rotatable bonds is 6. The predicted octanol–water partition coefficient (Wildman–Crippen LogP) is 2.09. The van der Waals surface area contributed by atoms with E-state index in [4.69, 9.17) is 4.74 Å². The highest BCUT2D eigenvalue weighted by Crippen LogP contribution is 2.37. The lowest BCUT2D eigenvalue weighted by Gasteiger charge is -2.19. The molecule has 1 aliphatic heterocycles. The summed E-state index contributed by atoms with van der Waals surface area (Å²) in [5.41, 5.74) is 0.795. The number of thioether (sulfide) groups is 1. The number of ether oxygens (including phenoxy) is 1. The van der Waals surface area contributed by atoms with E-state index in [-0.39, 0.29) is 18.2 Å². The third-order valence-electron chi connectivity index (χ3n) is 2.77. The number of nitrogens with one attached hydrogen (secondary N) is 2. The van der Waals surface area contributed by atoms with Crippen molar-refractivity contribution >= 4 is 34.7 Å². The van der Waals surface area contributed by atoms with E-state index >= 15 is 0 Å². The Hall–Kier alpha value is -1.96. The van der Waals surface area contributed by atoms with Gasteiger partial charge in [-0.1, -0.05) is 0 Å². The van der Waals surface area contributed by atoms with Crippen molar-refractivity contribution in [3.63, 3.8) is 0 Å². The summed E-state index contributed by atoms with van der Waals surface area (Å²) >= 11 is 1.72. The van der Waals surface area contributed by atoms with Gasteiger partial charge in [0.1, 0.15) is 5.69 Å². The van der Waals surface area contributed by atoms with E-state index in [1.165, 1.54) is 6.07 Å². The maximum atomic E-state index is 11.3. The Morgan fingerprint density at radius 2 is 2.35 bits per heavy atom. The summed E-state index contributed by atoms with van der Waals surface area (Å²) < 4.78 is 5.18. The number of anilines is 2. The van der Waals surface area contributed by atoms with Crippen molar-refractivity contribution in [2.24, 2.45) is 0 Å². The molecule has 2 N–H and O–H groups in total. The zero-order valence-electron chi connectivity index (χ0n) is 11.0. The first-order chi connectivity index (χ1) is 9.61. The first kappa shape index (κ1) is 14.4. The number of carbonyl (C=O) groups is 1. The Labute approximate surface area is 120 Å². The van der Waals surface area contributed by atoms with Gasteiger partial charge < -0.3 is 15.4 Å². The van der Waals surface area contributed by atoms with Crippen molar-refractivity contribution in [1.29, 1.82) is 0 Å². The molecule has 1 amide bonds. The lowest BCUT2D eigenvalue weighted by molar-refractivity contribution is -0.384. The molecule has 1 heterocycles. The molecular weight excluding hydrogens is 282 g/mol. The highest BCUT2D eigenvalue weighted by atomic mass is 32.2. The summed E-state index contributed by atoms with van der Waals surface area (Å²) in [6.07, 6.45) is 2.91. The van der Waals surface area contributed by atoms with Crippen LogP contribution in [0.15, 0.2) is 12.1 Å². The SMILES string of the molecule is CSCCCNc1cc2c(cc1[N+](=O)[O-])OCC(=O)N2. The fourth-order valence-corrected chi connectivity index (χ4v) is 2.28. The molecule has 7 nitrogen and oxygen atoms in total. The van der Waals surface area contributed by atoms with Crippen molar-refractivity contribution in [3.05, 3.63) is 22.2 Å². The molecule has 1 aromatic rings. The number of nitrogens with zero attached hydrogens (tertiary/aromatic N) is 1. The van der Waals surface area contributed by atoms with E-state index < -0.39 is 4.92 Å². The van der Waals surface area contributed by atoms with Gasteiger partial charge in [-0.2, -0.15) is 11.8 Å². The minimum absolute atomic E-state index is 0.0518. The van der Waals surface area contributed by atoms with Crippen LogP contribution in [0.25, 0.3) is 0 Å². The molecule has 1 aliphatic rings. The number of nitro groups is 1. The number of carbonyl (C=O) groups excluding carboxylic acids is 1. The topological polar surface area (TPSA) is 93.5 Å². The maximum Gasteiger partial charge on any atom is 0.296 e. The zero-order valence-corrected chi connectivity index (χ0v) is 11.8. The quantitative estimate of drug-likeness (QED) is 0.474. The third-order valence-corrected chi connectivity index (χ3v) is 3.47. The van der Waals surface area contributed by atoms with Crippen LogP contribution >= 0.6 is 11.8 Å². The summed E-state index contributed by atoms with van der Waals surface area (Å²) in [6.45, 7) is 0.514. The van der Waals surface area contributed by atoms with Gasteiger partial charge in [0.25, 0.3) is 11.6 Å². The largest absolute Gasteiger partial charge is 0.481 e. The van der Waals surface area contributed by atoms with Crippen molar-refractivity contribution in [3.8, 4) is 5.75 Å². The third kappa shape index (κ3) is 3.32. The smallest absolute Gasteiger partial charge is 0.296 e. The Balaban J connectivity index is 2.21. The van der Waals surface area contributed by atoms with E-state index in [0.717, 1.165) is 12.2 Å². The van der Waals surface area contributed by atoms with E-state index in [1.807, 2.05) is 6.26 Å². The predicted molar refractivity (Wildman–Crippen MR) is 78.7 cm³/mol. The van der Waals surface area contributed by atoms with Gasteiger partial charge in [-0.15, -0.1) is 0 Å². The van der Waals surface area contributed by atoms with E-state index in [9.17, 15) is 14.9 Å². The van der Waals surface area contributed by atoms with Crippen molar-refractivity contribution < 1.29 is 14.5 Å². The minimum Gasteiger partial charge on any atom is -0.481 e. The molecule has 0 fully saturated rings. The van der Waals surface area contributed by atoms with Gasteiger partial charge in [0.2, 0.25) is 0 Å². The normalized spacial score (nSPS) is 13.2. The molecule has 1 aromatic carbocycles. The Morgan fingerprint density at radius 3 is 3.05 bits per heavy atom. The lowest BCUT2D eigenvalue weighted by Crippen LogP contribution is -2.25. The molecule has 0 saturated heterocycles. The Morgan fingerprint density at radius 1 is 1.55 bits per heavy atom. The molecule has 0 bridgehead atoms. The molecule has 0 aliphatic carbocycles. The molecule has 2 rings (SSSR count). The summed E-state index contributed by atoms with van der Waals surface area (Å²) in [5, 5.41) is 16.7. The highest BCUT2D eigenvalue weighted by Gasteiger charge is 2.23. The molecular formula is C12H15N3O4S. The first-order valence-corrected chi connectivity index (χ1v) is 7.49. The van der Waals surface area contributed by atoms with Gasteiger partial charge in [-0.05, 0) is 24.5 Å². The second-order valence-corrected chi connectivity index (χ2v) is 5.22. The van der Waals surface area contributed by atoms with Gasteiger partial charge in [0.05, 0.1) is 16.7 Å². The minimum atomic E-state index is -0.461. The fourth-order valence-electron chi connectivity index (χ4n) is 1.85. The second kappa shape index (κ2) is 6.47. The maximum absolute atomic E-state index is 11.3.